The highest BCUT2D eigenvalue weighted by Gasteiger charge is 2.43. The van der Waals surface area contributed by atoms with Gasteiger partial charge in [-0.15, -0.1) is 0 Å². The van der Waals surface area contributed by atoms with Crippen molar-refractivity contribution in [2.24, 2.45) is 0 Å². The lowest BCUT2D eigenvalue weighted by Gasteiger charge is -2.19. The van der Waals surface area contributed by atoms with Crippen LogP contribution in [0.25, 0.3) is 0 Å². The number of carbonyl (C=O) groups excluding carboxylic acids is 2. The van der Waals surface area contributed by atoms with Gasteiger partial charge < -0.3 is 0 Å². The molecule has 0 unspecified atom stereocenters. The number of carbonyl (C=O) groups is 2. The van der Waals surface area contributed by atoms with E-state index in [2.05, 4.69) is 0 Å². The third kappa shape index (κ3) is 2.82. The zero-order valence-corrected chi connectivity index (χ0v) is 12.1. The molecule has 1 aliphatic rings. The number of amides is 3. The average molecular weight is 296 g/mol. The van der Waals surface area contributed by atoms with E-state index in [0.717, 1.165) is 11.2 Å². The van der Waals surface area contributed by atoms with Gasteiger partial charge in [0.2, 0.25) is 0 Å². The van der Waals surface area contributed by atoms with Gasteiger partial charge in [0.25, 0.3) is 5.91 Å². The summed E-state index contributed by atoms with van der Waals surface area (Å²) in [5.74, 6) is -0.595. The summed E-state index contributed by atoms with van der Waals surface area (Å²) in [5, 5.41) is 0. The number of hydrogen-bond acceptors (Lipinski definition) is 4. The zero-order chi connectivity index (χ0) is 14.9. The first-order valence-corrected chi connectivity index (χ1v) is 8.24. The van der Waals surface area contributed by atoms with Crippen LogP contribution in [0, 0.1) is 0 Å². The molecule has 1 fully saturated rings. The van der Waals surface area contributed by atoms with Crippen LogP contribution >= 0.6 is 0 Å². The Balaban J connectivity index is 2.22. The Morgan fingerprint density at radius 3 is 2.30 bits per heavy atom. The van der Waals surface area contributed by atoms with Gasteiger partial charge in [0.05, 0.1) is 5.75 Å². The van der Waals surface area contributed by atoms with Gasteiger partial charge in [-0.3, -0.25) is 14.6 Å². The molecule has 7 heteroatoms. The minimum Gasteiger partial charge on any atom is -0.282 e. The van der Waals surface area contributed by atoms with E-state index in [-0.39, 0.29) is 18.2 Å². The Hall–Kier alpha value is -1.89. The number of anilines is 1. The standard InChI is InChI=1S/C13H16N2O4S/c1-10-12(16)14(8-9-20(2,18)19)13(17)15(10)11-6-4-3-5-7-11/h3-7,10H,8-9H2,1-2H3/t10-/m1/s1. The Labute approximate surface area is 117 Å². The van der Waals surface area contributed by atoms with Crippen LogP contribution in [-0.2, 0) is 14.6 Å². The van der Waals surface area contributed by atoms with Gasteiger partial charge >= 0.3 is 6.03 Å². The minimum absolute atomic E-state index is 0.107. The SMILES string of the molecule is C[C@@H]1C(=O)N(CCS(C)(=O)=O)C(=O)N1c1ccccc1. The second-order valence-corrected chi connectivity index (χ2v) is 7.04. The fraction of sp³-hybridized carbons (Fsp3) is 0.385. The number of rotatable bonds is 4. The molecule has 1 aromatic rings. The maximum absolute atomic E-state index is 12.3. The molecule has 0 N–H and O–H groups in total. The van der Waals surface area contributed by atoms with Crippen molar-refractivity contribution in [3.63, 3.8) is 0 Å². The number of hydrogen-bond donors (Lipinski definition) is 0. The molecule has 1 atom stereocenters. The molecule has 2 rings (SSSR count). The first kappa shape index (κ1) is 14.5. The quantitative estimate of drug-likeness (QED) is 0.773. The number of urea groups is 1. The molecule has 0 radical (unpaired) electrons. The summed E-state index contributed by atoms with van der Waals surface area (Å²) in [6.45, 7) is 1.53. The smallest absolute Gasteiger partial charge is 0.282 e. The van der Waals surface area contributed by atoms with Crippen molar-refractivity contribution in [3.8, 4) is 0 Å². The normalized spacial score (nSPS) is 19.8. The maximum Gasteiger partial charge on any atom is 0.332 e. The molecule has 0 spiro atoms. The molecular formula is C13H16N2O4S. The van der Waals surface area contributed by atoms with E-state index in [1.807, 2.05) is 6.07 Å². The highest BCUT2D eigenvalue weighted by molar-refractivity contribution is 7.90. The summed E-state index contributed by atoms with van der Waals surface area (Å²) in [5.41, 5.74) is 0.625. The lowest BCUT2D eigenvalue weighted by atomic mass is 10.2. The van der Waals surface area contributed by atoms with E-state index in [0.29, 0.717) is 5.69 Å². The fourth-order valence-corrected chi connectivity index (χ4v) is 2.63. The second-order valence-electron chi connectivity index (χ2n) is 4.78. The van der Waals surface area contributed by atoms with E-state index in [1.54, 1.807) is 31.2 Å². The summed E-state index contributed by atoms with van der Waals surface area (Å²) >= 11 is 0. The molecule has 1 heterocycles. The molecular weight excluding hydrogens is 280 g/mol. The van der Waals surface area contributed by atoms with Crippen molar-refractivity contribution in [1.82, 2.24) is 4.90 Å². The van der Waals surface area contributed by atoms with E-state index in [1.165, 1.54) is 4.90 Å². The average Bonchev–Trinajstić information content (AvgIpc) is 2.59. The number of para-hydroxylation sites is 1. The summed E-state index contributed by atoms with van der Waals surface area (Å²) in [6, 6.07) is 7.75. The maximum atomic E-state index is 12.3. The summed E-state index contributed by atoms with van der Waals surface area (Å²) < 4.78 is 22.3. The summed E-state index contributed by atoms with van der Waals surface area (Å²) in [7, 11) is -3.22. The third-order valence-electron chi connectivity index (χ3n) is 3.17. The summed E-state index contributed by atoms with van der Waals surface area (Å²) in [4.78, 5) is 26.7. The minimum atomic E-state index is -3.22. The first-order chi connectivity index (χ1) is 9.31. The van der Waals surface area contributed by atoms with Crippen LogP contribution in [0.3, 0.4) is 0 Å². The van der Waals surface area contributed by atoms with Crippen molar-refractivity contribution in [3.05, 3.63) is 30.3 Å². The second kappa shape index (κ2) is 5.24. The Morgan fingerprint density at radius 2 is 1.75 bits per heavy atom. The van der Waals surface area contributed by atoms with Gasteiger partial charge in [-0.2, -0.15) is 0 Å². The largest absolute Gasteiger partial charge is 0.332 e. The van der Waals surface area contributed by atoms with Gasteiger partial charge in [-0.05, 0) is 19.1 Å². The molecule has 0 aromatic heterocycles. The monoisotopic (exact) mass is 296 g/mol. The van der Waals surface area contributed by atoms with Crippen molar-refractivity contribution in [2.75, 3.05) is 23.5 Å². The molecule has 108 valence electrons. The molecule has 6 nitrogen and oxygen atoms in total. The third-order valence-corrected chi connectivity index (χ3v) is 4.09. The molecule has 0 saturated carbocycles. The molecule has 1 aromatic carbocycles. The van der Waals surface area contributed by atoms with Crippen molar-refractivity contribution >= 4 is 27.5 Å². The summed E-state index contributed by atoms with van der Waals surface area (Å²) in [6.07, 6.45) is 1.08. The molecule has 1 aliphatic heterocycles. The zero-order valence-electron chi connectivity index (χ0n) is 11.3. The number of nitrogens with zero attached hydrogens (tertiary/aromatic N) is 2. The van der Waals surface area contributed by atoms with E-state index >= 15 is 0 Å². The van der Waals surface area contributed by atoms with Gasteiger partial charge in [0.15, 0.2) is 0 Å². The van der Waals surface area contributed by atoms with Crippen molar-refractivity contribution < 1.29 is 18.0 Å². The van der Waals surface area contributed by atoms with Gasteiger partial charge in [-0.25, -0.2) is 13.2 Å². The predicted molar refractivity (Wildman–Crippen MR) is 75.2 cm³/mol. The van der Waals surface area contributed by atoms with E-state index in [4.69, 9.17) is 0 Å². The number of benzene rings is 1. The van der Waals surface area contributed by atoms with Crippen LogP contribution in [0.5, 0.6) is 0 Å². The number of sulfone groups is 1. The first-order valence-electron chi connectivity index (χ1n) is 6.18. The van der Waals surface area contributed by atoms with Gasteiger partial charge in [0, 0.05) is 18.5 Å². The topological polar surface area (TPSA) is 74.8 Å². The van der Waals surface area contributed by atoms with Crippen LogP contribution in [0.4, 0.5) is 10.5 Å². The molecule has 1 saturated heterocycles. The molecule has 0 aliphatic carbocycles. The van der Waals surface area contributed by atoms with Gasteiger partial charge in [0.1, 0.15) is 15.9 Å². The molecule has 3 amide bonds. The Kier molecular flexibility index (Phi) is 3.80. The Morgan fingerprint density at radius 1 is 1.15 bits per heavy atom. The van der Waals surface area contributed by atoms with Crippen LogP contribution in [0.1, 0.15) is 6.92 Å². The van der Waals surface area contributed by atoms with Gasteiger partial charge in [-0.1, -0.05) is 18.2 Å². The van der Waals surface area contributed by atoms with Crippen LogP contribution < -0.4 is 4.90 Å². The highest BCUT2D eigenvalue weighted by Crippen LogP contribution is 2.25. The molecule has 0 bridgehead atoms. The predicted octanol–water partition coefficient (Wildman–Crippen LogP) is 0.888. The molecule has 20 heavy (non-hydrogen) atoms. The van der Waals surface area contributed by atoms with Crippen LogP contribution in [-0.4, -0.2) is 49.9 Å². The van der Waals surface area contributed by atoms with E-state index < -0.39 is 21.9 Å². The van der Waals surface area contributed by atoms with Crippen molar-refractivity contribution in [1.29, 1.82) is 0 Å². The Bertz CT molecular complexity index is 627. The highest BCUT2D eigenvalue weighted by atomic mass is 32.2. The van der Waals surface area contributed by atoms with Crippen LogP contribution in [0.2, 0.25) is 0 Å². The van der Waals surface area contributed by atoms with E-state index in [9.17, 15) is 18.0 Å². The van der Waals surface area contributed by atoms with Crippen LogP contribution in [0.15, 0.2) is 30.3 Å². The van der Waals surface area contributed by atoms with Crippen molar-refractivity contribution in [2.45, 2.75) is 13.0 Å². The fourth-order valence-electron chi connectivity index (χ4n) is 2.11. The lowest BCUT2D eigenvalue weighted by molar-refractivity contribution is -0.126. The number of imide groups is 1. The lowest BCUT2D eigenvalue weighted by Crippen LogP contribution is -2.36.